The summed E-state index contributed by atoms with van der Waals surface area (Å²) in [6, 6.07) is 15.2. The maximum atomic E-state index is 10.8. The van der Waals surface area contributed by atoms with Gasteiger partial charge in [-0.25, -0.2) is 0 Å². The average Bonchev–Trinajstić information content (AvgIpc) is 3.39. The third-order valence-electron chi connectivity index (χ3n) is 5.19. The maximum absolute atomic E-state index is 10.8. The third kappa shape index (κ3) is 5.42. The molecule has 12 heteroatoms. The normalized spacial score (nSPS) is 13.2. The second-order valence-electron chi connectivity index (χ2n) is 7.45. The van der Waals surface area contributed by atoms with Crippen LogP contribution in [0.4, 0.5) is 0 Å². The van der Waals surface area contributed by atoms with Crippen molar-refractivity contribution in [2.45, 2.75) is 34.0 Å². The fraction of sp³-hybridized carbons (Fsp3) is 0.273. The summed E-state index contributed by atoms with van der Waals surface area (Å²) in [6.45, 7) is 0. The molecule has 34 heavy (non-hydrogen) atoms. The molecule has 0 spiro atoms. The smallest absolute Gasteiger partial charge is 0.191 e. The first-order chi connectivity index (χ1) is 16.4. The Bertz CT molecular complexity index is 1180. The van der Waals surface area contributed by atoms with Gasteiger partial charge in [-0.1, -0.05) is 83.1 Å². The first kappa shape index (κ1) is 25.0. The molecule has 2 atom stereocenters. The zero-order chi connectivity index (χ0) is 24.2. The van der Waals surface area contributed by atoms with Gasteiger partial charge in [0.15, 0.2) is 22.0 Å². The Kier molecular flexibility index (Phi) is 8.18. The number of thioether (sulfide) groups is 2. The van der Waals surface area contributed by atoms with Crippen molar-refractivity contribution in [3.05, 3.63) is 81.4 Å². The highest BCUT2D eigenvalue weighted by atomic mass is 35.5. The van der Waals surface area contributed by atoms with Gasteiger partial charge in [0.25, 0.3) is 0 Å². The molecule has 0 aliphatic carbocycles. The van der Waals surface area contributed by atoms with Crippen molar-refractivity contribution in [3.8, 4) is 0 Å². The van der Waals surface area contributed by atoms with Crippen LogP contribution in [0.2, 0.25) is 10.0 Å². The molecule has 0 unspecified atom stereocenters. The summed E-state index contributed by atoms with van der Waals surface area (Å²) in [5, 5.41) is 40.7. The first-order valence-corrected chi connectivity index (χ1v) is 13.0. The minimum atomic E-state index is -1.34. The molecular weight excluding hydrogens is 515 g/mol. The number of hydrogen-bond acceptors (Lipinski definition) is 8. The Morgan fingerprint density at radius 3 is 1.47 bits per heavy atom. The van der Waals surface area contributed by atoms with Crippen molar-refractivity contribution >= 4 is 46.7 Å². The Balaban J connectivity index is 1.44. The van der Waals surface area contributed by atoms with Crippen LogP contribution in [0.15, 0.2) is 58.8 Å². The van der Waals surface area contributed by atoms with E-state index in [2.05, 4.69) is 20.4 Å². The van der Waals surface area contributed by atoms with Crippen LogP contribution in [-0.2, 0) is 25.6 Å². The molecule has 2 aromatic carbocycles. The van der Waals surface area contributed by atoms with Gasteiger partial charge in [-0.2, -0.15) is 0 Å². The van der Waals surface area contributed by atoms with Crippen LogP contribution >= 0.6 is 46.7 Å². The standard InChI is InChI=1S/C22H22Cl2N6O2S2/c1-29-19(25-27-21(29)33-11-13-7-3-5-9-15(13)23)17(31)18(32)20-26-28-22(30(20)2)34-12-14-8-4-6-10-16(14)24/h3-10,17-18,31-32H,11-12H2,1-2H3/t17-,18+. The second kappa shape index (κ2) is 11.1. The largest absolute Gasteiger partial charge is 0.382 e. The van der Waals surface area contributed by atoms with Crippen molar-refractivity contribution in [1.29, 1.82) is 0 Å². The highest BCUT2D eigenvalue weighted by Crippen LogP contribution is 2.32. The molecule has 4 aromatic rings. The molecule has 0 amide bonds. The monoisotopic (exact) mass is 536 g/mol. The number of aliphatic hydroxyl groups is 2. The van der Waals surface area contributed by atoms with Crippen LogP contribution < -0.4 is 0 Å². The van der Waals surface area contributed by atoms with Gasteiger partial charge in [0.1, 0.15) is 12.2 Å². The minimum absolute atomic E-state index is 0.224. The lowest BCUT2D eigenvalue weighted by Crippen LogP contribution is -2.18. The van der Waals surface area contributed by atoms with Crippen LogP contribution in [0, 0.1) is 0 Å². The van der Waals surface area contributed by atoms with E-state index >= 15 is 0 Å². The van der Waals surface area contributed by atoms with Crippen LogP contribution in [0.3, 0.4) is 0 Å². The van der Waals surface area contributed by atoms with Gasteiger partial charge in [0.2, 0.25) is 0 Å². The summed E-state index contributed by atoms with van der Waals surface area (Å²) in [4.78, 5) is 0. The summed E-state index contributed by atoms with van der Waals surface area (Å²) in [7, 11) is 3.48. The van der Waals surface area contributed by atoms with Crippen molar-refractivity contribution in [2.24, 2.45) is 14.1 Å². The van der Waals surface area contributed by atoms with Crippen molar-refractivity contribution in [1.82, 2.24) is 29.5 Å². The van der Waals surface area contributed by atoms with E-state index < -0.39 is 12.2 Å². The molecule has 178 valence electrons. The van der Waals surface area contributed by atoms with Crippen LogP contribution in [-0.4, -0.2) is 39.7 Å². The number of aromatic nitrogens is 6. The highest BCUT2D eigenvalue weighted by Gasteiger charge is 2.30. The van der Waals surface area contributed by atoms with Crippen molar-refractivity contribution < 1.29 is 10.2 Å². The SMILES string of the molecule is Cn1c(SCc2ccccc2Cl)nnc1[C@@H](O)[C@@H](O)c1nnc(SCc2ccccc2Cl)n1C. The van der Waals surface area contributed by atoms with Gasteiger partial charge in [0.05, 0.1) is 0 Å². The Morgan fingerprint density at radius 2 is 1.09 bits per heavy atom. The number of aliphatic hydroxyl groups excluding tert-OH is 2. The quantitative estimate of drug-likeness (QED) is 0.299. The number of nitrogens with zero attached hydrogens (tertiary/aromatic N) is 6. The number of rotatable bonds is 9. The predicted octanol–water partition coefficient (Wildman–Crippen LogP) is 4.60. The lowest BCUT2D eigenvalue weighted by atomic mass is 10.2. The fourth-order valence-corrected chi connectivity index (χ4v) is 5.62. The summed E-state index contributed by atoms with van der Waals surface area (Å²) in [5.74, 6) is 1.64. The van der Waals surface area contributed by atoms with Gasteiger partial charge in [0, 0.05) is 35.6 Å². The second-order valence-corrected chi connectivity index (χ2v) is 10.1. The molecule has 0 saturated carbocycles. The van der Waals surface area contributed by atoms with Gasteiger partial charge >= 0.3 is 0 Å². The minimum Gasteiger partial charge on any atom is -0.382 e. The van der Waals surface area contributed by atoms with E-state index in [0.717, 1.165) is 11.1 Å². The molecule has 0 saturated heterocycles. The topological polar surface area (TPSA) is 102 Å². The molecule has 0 aliphatic heterocycles. The number of hydrogen-bond donors (Lipinski definition) is 2. The predicted molar refractivity (Wildman–Crippen MR) is 134 cm³/mol. The van der Waals surface area contributed by atoms with E-state index in [9.17, 15) is 10.2 Å². The number of benzene rings is 2. The Morgan fingerprint density at radius 1 is 0.706 bits per heavy atom. The highest BCUT2D eigenvalue weighted by molar-refractivity contribution is 7.98. The number of halogens is 2. The van der Waals surface area contributed by atoms with Gasteiger partial charge < -0.3 is 19.3 Å². The maximum Gasteiger partial charge on any atom is 0.191 e. The molecule has 0 bridgehead atoms. The van der Waals surface area contributed by atoms with Gasteiger partial charge in [-0.05, 0) is 23.3 Å². The van der Waals surface area contributed by atoms with Crippen LogP contribution in [0.25, 0.3) is 0 Å². The van der Waals surface area contributed by atoms with Gasteiger partial charge in [-0.3, -0.25) is 0 Å². The summed E-state index contributed by atoms with van der Waals surface area (Å²) in [6.07, 6.45) is -2.67. The first-order valence-electron chi connectivity index (χ1n) is 10.2. The van der Waals surface area contributed by atoms with E-state index in [1.54, 1.807) is 23.2 Å². The fourth-order valence-electron chi connectivity index (χ4n) is 3.22. The Hall–Kier alpha value is -2.08. The molecule has 0 radical (unpaired) electrons. The lowest BCUT2D eigenvalue weighted by molar-refractivity contribution is 0.00246. The van der Waals surface area contributed by atoms with E-state index in [4.69, 9.17) is 23.2 Å². The zero-order valence-corrected chi connectivity index (χ0v) is 21.5. The molecule has 2 heterocycles. The molecule has 8 nitrogen and oxygen atoms in total. The van der Waals surface area contributed by atoms with E-state index in [1.807, 2.05) is 48.5 Å². The van der Waals surface area contributed by atoms with Crippen LogP contribution in [0.5, 0.6) is 0 Å². The van der Waals surface area contributed by atoms with E-state index in [0.29, 0.717) is 31.9 Å². The van der Waals surface area contributed by atoms with Crippen molar-refractivity contribution in [2.75, 3.05) is 0 Å². The molecule has 2 aromatic heterocycles. The average molecular weight is 537 g/mol. The molecule has 4 rings (SSSR count). The summed E-state index contributed by atoms with van der Waals surface area (Å²) < 4.78 is 3.30. The zero-order valence-electron chi connectivity index (χ0n) is 18.3. The molecule has 0 fully saturated rings. The third-order valence-corrected chi connectivity index (χ3v) is 8.07. The van der Waals surface area contributed by atoms with Gasteiger partial charge in [-0.15, -0.1) is 20.4 Å². The van der Waals surface area contributed by atoms with Crippen molar-refractivity contribution in [3.63, 3.8) is 0 Å². The Labute approximate surface area is 215 Å². The van der Waals surface area contributed by atoms with E-state index in [1.165, 1.54) is 23.5 Å². The summed E-state index contributed by atoms with van der Waals surface area (Å²) >= 11 is 15.3. The molecule has 2 N–H and O–H groups in total. The lowest BCUT2D eigenvalue weighted by Gasteiger charge is -2.16. The molecule has 0 aliphatic rings. The van der Waals surface area contributed by atoms with Crippen LogP contribution in [0.1, 0.15) is 35.0 Å². The van der Waals surface area contributed by atoms with E-state index in [-0.39, 0.29) is 11.6 Å². The summed E-state index contributed by atoms with van der Waals surface area (Å²) in [5.41, 5.74) is 1.94. The molecular formula is C22H22Cl2N6O2S2.